The summed E-state index contributed by atoms with van der Waals surface area (Å²) in [6, 6.07) is 11.7. The van der Waals surface area contributed by atoms with Gasteiger partial charge in [0.25, 0.3) is 47.3 Å². The Balaban J connectivity index is 1.20. The summed E-state index contributed by atoms with van der Waals surface area (Å²) in [5, 5.41) is 0.938. The molecular formula is C34H20N4O8. The van der Waals surface area contributed by atoms with Gasteiger partial charge >= 0.3 is 0 Å². The number of carbonyl (C=O) groups is 8. The van der Waals surface area contributed by atoms with E-state index in [9.17, 15) is 38.4 Å². The van der Waals surface area contributed by atoms with Crippen molar-refractivity contribution in [1.82, 2.24) is 19.6 Å². The fraction of sp³-hybridized carbons (Fsp3) is 0.176. The predicted molar refractivity (Wildman–Crippen MR) is 159 cm³/mol. The minimum absolute atomic E-state index is 0.0795. The van der Waals surface area contributed by atoms with E-state index < -0.39 is 47.3 Å². The highest BCUT2D eigenvalue weighted by atomic mass is 16.2. The molecule has 12 heteroatoms. The van der Waals surface area contributed by atoms with Crippen LogP contribution in [0.3, 0.4) is 0 Å². The summed E-state index contributed by atoms with van der Waals surface area (Å²) in [5.41, 5.74) is 1.32. The van der Waals surface area contributed by atoms with Gasteiger partial charge in [-0.3, -0.25) is 58.0 Å². The van der Waals surface area contributed by atoms with Gasteiger partial charge in [0.05, 0.1) is 0 Å². The normalized spacial score (nSPS) is 19.0. The number of imide groups is 4. The Labute approximate surface area is 258 Å². The average molecular weight is 613 g/mol. The first-order valence-corrected chi connectivity index (χ1v) is 14.8. The Morgan fingerprint density at radius 1 is 0.283 bits per heavy atom. The van der Waals surface area contributed by atoms with Gasteiger partial charge in [0.1, 0.15) is 0 Å². The molecule has 0 spiro atoms. The van der Waals surface area contributed by atoms with Crippen LogP contribution in [-0.2, 0) is 0 Å². The van der Waals surface area contributed by atoms with Crippen LogP contribution < -0.4 is 0 Å². The van der Waals surface area contributed by atoms with E-state index in [1.54, 1.807) is 0 Å². The molecule has 0 fully saturated rings. The van der Waals surface area contributed by atoms with Crippen molar-refractivity contribution >= 4 is 68.8 Å². The van der Waals surface area contributed by atoms with E-state index >= 15 is 0 Å². The second-order valence-electron chi connectivity index (χ2n) is 11.9. The lowest BCUT2D eigenvalue weighted by Crippen LogP contribution is -2.47. The maximum Gasteiger partial charge on any atom is 0.261 e. The van der Waals surface area contributed by atoms with Crippen molar-refractivity contribution in [2.45, 2.75) is 12.8 Å². The van der Waals surface area contributed by atoms with Gasteiger partial charge in [0.15, 0.2) is 0 Å². The average Bonchev–Trinajstić information content (AvgIpc) is 3.05. The third-order valence-electron chi connectivity index (χ3n) is 9.65. The van der Waals surface area contributed by atoms with Gasteiger partial charge in [-0.15, -0.1) is 0 Å². The maximum absolute atomic E-state index is 13.7. The molecule has 4 aromatic carbocycles. The largest absolute Gasteiger partial charge is 0.274 e. The second-order valence-corrected chi connectivity index (χ2v) is 11.9. The van der Waals surface area contributed by atoms with Crippen molar-refractivity contribution in [2.75, 3.05) is 26.2 Å². The second kappa shape index (κ2) is 8.78. The summed E-state index contributed by atoms with van der Waals surface area (Å²) in [6.07, 6.45) is 0.159. The molecule has 8 amide bonds. The number of amides is 8. The fourth-order valence-electron chi connectivity index (χ4n) is 7.54. The first-order valence-electron chi connectivity index (χ1n) is 14.8. The van der Waals surface area contributed by atoms with Crippen LogP contribution in [0.15, 0.2) is 48.5 Å². The summed E-state index contributed by atoms with van der Waals surface area (Å²) >= 11 is 0. The Morgan fingerprint density at radius 3 is 0.587 bits per heavy atom. The van der Waals surface area contributed by atoms with Crippen LogP contribution in [0.4, 0.5) is 0 Å². The highest BCUT2D eigenvalue weighted by Crippen LogP contribution is 2.40. The van der Waals surface area contributed by atoms with E-state index in [0.29, 0.717) is 0 Å². The molecular weight excluding hydrogens is 592 g/mol. The summed E-state index contributed by atoms with van der Waals surface area (Å²) < 4.78 is 0. The molecule has 0 atom stereocenters. The number of rotatable bonds is 0. The van der Waals surface area contributed by atoms with Crippen LogP contribution in [0.5, 0.6) is 0 Å². The zero-order chi connectivity index (χ0) is 31.8. The number of nitrogens with zero attached hydrogens (tertiary/aromatic N) is 4. The van der Waals surface area contributed by atoms with Crippen molar-refractivity contribution in [2.24, 2.45) is 0 Å². The molecule has 15 heterocycles. The zero-order valence-corrected chi connectivity index (χ0v) is 23.9. The molecule has 0 saturated heterocycles. The lowest BCUT2D eigenvalue weighted by molar-refractivity contribution is 0.0545. The van der Waals surface area contributed by atoms with Crippen molar-refractivity contribution < 1.29 is 38.4 Å². The third kappa shape index (κ3) is 3.07. The van der Waals surface area contributed by atoms with Crippen molar-refractivity contribution in [1.29, 1.82) is 0 Å². The summed E-state index contributed by atoms with van der Waals surface area (Å²) in [4.78, 5) is 113. The van der Waals surface area contributed by atoms with E-state index in [-0.39, 0.29) is 105 Å². The van der Waals surface area contributed by atoms with Gasteiger partial charge in [-0.2, -0.15) is 0 Å². The molecule has 224 valence electrons. The molecule has 46 heavy (non-hydrogen) atoms. The summed E-state index contributed by atoms with van der Waals surface area (Å²) in [7, 11) is 0. The van der Waals surface area contributed by atoms with Crippen LogP contribution >= 0.6 is 0 Å². The molecule has 0 N–H and O–H groups in total. The fourth-order valence-corrected chi connectivity index (χ4v) is 7.54. The molecule has 0 aliphatic carbocycles. The predicted octanol–water partition coefficient (Wildman–Crippen LogP) is 2.87. The van der Waals surface area contributed by atoms with E-state index in [1.165, 1.54) is 48.5 Å². The summed E-state index contributed by atoms with van der Waals surface area (Å²) in [5.74, 6) is -4.82. The van der Waals surface area contributed by atoms with Gasteiger partial charge in [-0.1, -0.05) is 0 Å². The highest BCUT2D eigenvalue weighted by Gasteiger charge is 2.42. The van der Waals surface area contributed by atoms with Crippen molar-refractivity contribution in [3.63, 3.8) is 0 Å². The number of hydrogen-bond acceptors (Lipinski definition) is 8. The quantitative estimate of drug-likeness (QED) is 0.275. The van der Waals surface area contributed by atoms with Crippen molar-refractivity contribution in [3.05, 3.63) is 93.0 Å². The van der Waals surface area contributed by atoms with Crippen LogP contribution in [0.25, 0.3) is 21.5 Å². The van der Waals surface area contributed by atoms with Crippen molar-refractivity contribution in [3.8, 4) is 0 Å². The molecule has 0 aromatic heterocycles. The van der Waals surface area contributed by atoms with Gasteiger partial charge in [0.2, 0.25) is 0 Å². The summed E-state index contributed by atoms with van der Waals surface area (Å²) in [6.45, 7) is -0.429. The molecule has 19 rings (SSSR count). The molecule has 12 nitrogen and oxygen atoms in total. The molecule has 15 aliphatic heterocycles. The lowest BCUT2D eigenvalue weighted by atomic mass is 9.85. The van der Waals surface area contributed by atoms with E-state index in [0.717, 1.165) is 19.6 Å². The van der Waals surface area contributed by atoms with Gasteiger partial charge < -0.3 is 0 Å². The monoisotopic (exact) mass is 612 g/mol. The Hall–Kier alpha value is -6.04. The Kier molecular flexibility index (Phi) is 5.03. The minimum atomic E-state index is -0.603. The molecule has 16 bridgehead atoms. The topological polar surface area (TPSA) is 150 Å². The SMILES string of the molecule is O=C1c2ccc3c4c5ccc(c24)C(=O)N1CCCN1C(=O)c2ccc4c6c(ccc(c26)C1=O)C(=O)N(CCCN(C3=O)C5=O)C4=O. The van der Waals surface area contributed by atoms with Crippen LogP contribution in [0.2, 0.25) is 0 Å². The van der Waals surface area contributed by atoms with Gasteiger partial charge in [-0.25, -0.2) is 0 Å². The van der Waals surface area contributed by atoms with E-state index in [1.807, 2.05) is 0 Å². The smallest absolute Gasteiger partial charge is 0.261 e. The first-order chi connectivity index (χ1) is 22.2. The number of benzene rings is 4. The zero-order valence-electron chi connectivity index (χ0n) is 23.9. The molecule has 15 aliphatic rings. The van der Waals surface area contributed by atoms with Crippen LogP contribution in [0, 0.1) is 0 Å². The maximum atomic E-state index is 13.7. The number of hydrogen-bond donors (Lipinski definition) is 0. The first kappa shape index (κ1) is 26.4. The minimum Gasteiger partial charge on any atom is -0.274 e. The Morgan fingerprint density at radius 2 is 0.435 bits per heavy atom. The van der Waals surface area contributed by atoms with E-state index in [2.05, 4.69) is 0 Å². The molecule has 0 saturated carbocycles. The van der Waals surface area contributed by atoms with Gasteiger partial charge in [0, 0.05) is 92.2 Å². The Bertz CT molecular complexity index is 1850. The van der Waals surface area contributed by atoms with E-state index in [4.69, 9.17) is 0 Å². The van der Waals surface area contributed by atoms with Gasteiger partial charge in [-0.05, 0) is 61.4 Å². The van der Waals surface area contributed by atoms with Crippen LogP contribution in [-0.4, -0.2) is 93.0 Å². The lowest BCUT2D eigenvalue weighted by Gasteiger charge is -2.34. The van der Waals surface area contributed by atoms with Crippen LogP contribution in [0.1, 0.15) is 95.7 Å². The number of carbonyl (C=O) groups excluding carboxylic acids is 8. The third-order valence-corrected chi connectivity index (χ3v) is 9.65. The molecule has 4 aromatic rings. The molecule has 0 radical (unpaired) electrons. The highest BCUT2D eigenvalue weighted by molar-refractivity contribution is 6.34. The molecule has 0 unspecified atom stereocenters. The standard InChI is InChI=1S/C34H20N4O8/c39-27-15-3-7-19-25-20-8-4-16(23(15)25)28(40)35(27)11-1-12-36-29(41)17-5-9-21-26-22(10-6-18(24(17)26)30(36)42)34(46)38(33(21)45)14-2-13-37(31(19)43)32(20)44/h3-10H,1-2,11-14H2.